The molecule has 2 N–H and O–H groups in total. The molecule has 0 aromatic carbocycles. The Morgan fingerprint density at radius 2 is 1.04 bits per heavy atom. The summed E-state index contributed by atoms with van der Waals surface area (Å²) in [4.78, 5) is 11.0. The van der Waals surface area contributed by atoms with Crippen molar-refractivity contribution in [1.82, 2.24) is 4.57 Å². The second kappa shape index (κ2) is 16.8. The number of pyridine rings is 1. The van der Waals surface area contributed by atoms with Crippen LogP contribution in [0.15, 0.2) is 29.3 Å². The fraction of sp³-hybridized carbons (Fsp3) is 0.762. The number of nitrogens with zero attached hydrogens (tertiary/aromatic N) is 1. The van der Waals surface area contributed by atoms with Gasteiger partial charge < -0.3 is 10.0 Å². The summed E-state index contributed by atoms with van der Waals surface area (Å²) in [5, 5.41) is 0. The van der Waals surface area contributed by atoms with Gasteiger partial charge in [-0.15, -0.1) is 0 Å². The van der Waals surface area contributed by atoms with E-state index in [2.05, 4.69) is 11.5 Å². The van der Waals surface area contributed by atoms with E-state index in [0.29, 0.717) is 0 Å². The molecule has 0 spiro atoms. The topological polar surface area (TPSA) is 53.5 Å². The number of rotatable bonds is 15. The summed E-state index contributed by atoms with van der Waals surface area (Å²) in [5.74, 6) is 0. The molecule has 24 heavy (non-hydrogen) atoms. The summed E-state index contributed by atoms with van der Waals surface area (Å²) in [7, 11) is 0. The Hall–Kier alpha value is -1.09. The first-order valence-corrected chi connectivity index (χ1v) is 9.99. The molecule has 0 saturated heterocycles. The molecule has 3 heteroatoms. The summed E-state index contributed by atoms with van der Waals surface area (Å²) in [6.45, 7) is 3.32. The molecule has 0 atom stereocenters. The summed E-state index contributed by atoms with van der Waals surface area (Å²) >= 11 is 0. The third-order valence-electron chi connectivity index (χ3n) is 4.63. The summed E-state index contributed by atoms with van der Waals surface area (Å²) in [6.07, 6.45) is 23.3. The third-order valence-corrected chi connectivity index (χ3v) is 4.63. The number of hydrogen-bond donors (Lipinski definition) is 0. The highest BCUT2D eigenvalue weighted by molar-refractivity contribution is 4.93. The van der Waals surface area contributed by atoms with Gasteiger partial charge in [-0.1, -0.05) is 90.4 Å². The van der Waals surface area contributed by atoms with Gasteiger partial charge >= 0.3 is 0 Å². The zero-order valence-electron chi connectivity index (χ0n) is 15.8. The van der Waals surface area contributed by atoms with E-state index in [0.717, 1.165) is 6.54 Å². The predicted octanol–water partition coefficient (Wildman–Crippen LogP) is 5.50. The van der Waals surface area contributed by atoms with Crippen LogP contribution in [-0.4, -0.2) is 10.0 Å². The van der Waals surface area contributed by atoms with Crippen LogP contribution < -0.4 is 5.43 Å². The standard InChI is InChI=1S/C21H37NO.H2O/c1-2-3-4-5-6-7-8-9-10-11-12-13-14-15-18-22-19-16-21(23)17-20-22;/h16-17,19-20H,2-15,18H2,1H3;1H2. The predicted molar refractivity (Wildman–Crippen MR) is 105 cm³/mol. The van der Waals surface area contributed by atoms with Crippen molar-refractivity contribution in [1.29, 1.82) is 0 Å². The Labute approximate surface area is 148 Å². The molecule has 0 aliphatic carbocycles. The molecule has 0 amide bonds. The third kappa shape index (κ3) is 13.4. The van der Waals surface area contributed by atoms with Crippen molar-refractivity contribution in [2.45, 2.75) is 103 Å². The highest BCUT2D eigenvalue weighted by Crippen LogP contribution is 2.13. The molecular formula is C21H39NO2. The minimum Gasteiger partial charge on any atom is -0.412 e. The molecule has 0 saturated carbocycles. The second-order valence-corrected chi connectivity index (χ2v) is 6.87. The lowest BCUT2D eigenvalue weighted by Crippen LogP contribution is -2.03. The van der Waals surface area contributed by atoms with Gasteiger partial charge in [0.2, 0.25) is 0 Å². The SMILES string of the molecule is CCCCCCCCCCCCCCCCn1ccc(=O)cc1.O. The molecule has 140 valence electrons. The van der Waals surface area contributed by atoms with Crippen molar-refractivity contribution in [3.8, 4) is 0 Å². The molecule has 0 aliphatic heterocycles. The van der Waals surface area contributed by atoms with E-state index in [1.165, 1.54) is 89.9 Å². The van der Waals surface area contributed by atoms with E-state index >= 15 is 0 Å². The van der Waals surface area contributed by atoms with E-state index in [4.69, 9.17) is 0 Å². The molecule has 3 nitrogen and oxygen atoms in total. The van der Waals surface area contributed by atoms with Gasteiger partial charge in [0.05, 0.1) is 0 Å². The maximum Gasteiger partial charge on any atom is 0.181 e. The number of hydrogen-bond acceptors (Lipinski definition) is 1. The lowest BCUT2D eigenvalue weighted by molar-refractivity contribution is 0.523. The van der Waals surface area contributed by atoms with Crippen LogP contribution >= 0.6 is 0 Å². The van der Waals surface area contributed by atoms with E-state index in [9.17, 15) is 4.79 Å². The molecule has 0 radical (unpaired) electrons. The van der Waals surface area contributed by atoms with Crippen LogP contribution in [0, 0.1) is 0 Å². The molecule has 0 aliphatic rings. The fourth-order valence-electron chi connectivity index (χ4n) is 3.08. The van der Waals surface area contributed by atoms with Crippen LogP contribution in [0.4, 0.5) is 0 Å². The molecule has 1 rings (SSSR count). The molecular weight excluding hydrogens is 298 g/mol. The lowest BCUT2D eigenvalue weighted by Gasteiger charge is -2.05. The van der Waals surface area contributed by atoms with Crippen molar-refractivity contribution >= 4 is 0 Å². The first-order valence-electron chi connectivity index (χ1n) is 9.99. The Kier molecular flexibility index (Phi) is 16.0. The van der Waals surface area contributed by atoms with Crippen LogP contribution in [0.5, 0.6) is 0 Å². The molecule has 1 aromatic heterocycles. The highest BCUT2D eigenvalue weighted by atomic mass is 16.1. The quantitative estimate of drug-likeness (QED) is 0.390. The van der Waals surface area contributed by atoms with Gasteiger partial charge in [-0.2, -0.15) is 0 Å². The smallest absolute Gasteiger partial charge is 0.181 e. The molecule has 0 fully saturated rings. The molecule has 1 heterocycles. The van der Waals surface area contributed by atoms with E-state index in [-0.39, 0.29) is 10.9 Å². The Morgan fingerprint density at radius 1 is 0.667 bits per heavy atom. The lowest BCUT2D eigenvalue weighted by atomic mass is 10.0. The number of unbranched alkanes of at least 4 members (excludes halogenated alkanes) is 13. The first kappa shape index (κ1) is 22.9. The van der Waals surface area contributed by atoms with Gasteiger partial charge in [-0.3, -0.25) is 4.79 Å². The van der Waals surface area contributed by atoms with Crippen LogP contribution in [-0.2, 0) is 6.54 Å². The van der Waals surface area contributed by atoms with Gasteiger partial charge in [0.1, 0.15) is 0 Å². The Bertz CT molecular complexity index is 408. The Balaban J connectivity index is 0.00000529. The van der Waals surface area contributed by atoms with Gasteiger partial charge in [0.25, 0.3) is 0 Å². The second-order valence-electron chi connectivity index (χ2n) is 6.87. The van der Waals surface area contributed by atoms with Crippen LogP contribution in [0.2, 0.25) is 0 Å². The van der Waals surface area contributed by atoms with Crippen LogP contribution in [0.3, 0.4) is 0 Å². The van der Waals surface area contributed by atoms with Gasteiger partial charge in [0.15, 0.2) is 5.43 Å². The maximum absolute atomic E-state index is 11.0. The fourth-order valence-corrected chi connectivity index (χ4v) is 3.08. The van der Waals surface area contributed by atoms with E-state index in [1.807, 2.05) is 12.4 Å². The van der Waals surface area contributed by atoms with Gasteiger partial charge in [0, 0.05) is 31.1 Å². The van der Waals surface area contributed by atoms with Crippen molar-refractivity contribution in [3.63, 3.8) is 0 Å². The summed E-state index contributed by atoms with van der Waals surface area (Å²) in [5.41, 5.74) is 0.0993. The normalized spacial score (nSPS) is 10.5. The van der Waals surface area contributed by atoms with E-state index < -0.39 is 0 Å². The minimum atomic E-state index is 0. The van der Waals surface area contributed by atoms with Gasteiger partial charge in [-0.25, -0.2) is 0 Å². The zero-order chi connectivity index (χ0) is 16.6. The maximum atomic E-state index is 11.0. The first-order chi connectivity index (χ1) is 11.3. The van der Waals surface area contributed by atoms with Crippen molar-refractivity contribution in [2.75, 3.05) is 0 Å². The zero-order valence-corrected chi connectivity index (χ0v) is 15.8. The number of aryl methyl sites for hydroxylation is 1. The monoisotopic (exact) mass is 337 g/mol. The largest absolute Gasteiger partial charge is 0.412 e. The van der Waals surface area contributed by atoms with Crippen molar-refractivity contribution in [2.24, 2.45) is 0 Å². The molecule has 0 unspecified atom stereocenters. The Morgan fingerprint density at radius 3 is 1.46 bits per heavy atom. The average molecular weight is 338 g/mol. The van der Waals surface area contributed by atoms with Crippen LogP contribution in [0.1, 0.15) is 96.8 Å². The molecule has 1 aromatic rings. The van der Waals surface area contributed by atoms with Crippen molar-refractivity contribution in [3.05, 3.63) is 34.7 Å². The van der Waals surface area contributed by atoms with E-state index in [1.54, 1.807) is 12.1 Å². The minimum absolute atomic E-state index is 0. The van der Waals surface area contributed by atoms with Crippen LogP contribution in [0.25, 0.3) is 0 Å². The highest BCUT2D eigenvalue weighted by Gasteiger charge is 1.94. The number of aromatic nitrogens is 1. The average Bonchev–Trinajstić information content (AvgIpc) is 2.57. The summed E-state index contributed by atoms with van der Waals surface area (Å²) < 4.78 is 2.11. The van der Waals surface area contributed by atoms with Crippen molar-refractivity contribution < 1.29 is 5.48 Å². The van der Waals surface area contributed by atoms with Gasteiger partial charge in [-0.05, 0) is 6.42 Å². The summed E-state index contributed by atoms with van der Waals surface area (Å²) in [6, 6.07) is 3.29. The molecule has 0 bridgehead atoms.